The summed E-state index contributed by atoms with van der Waals surface area (Å²) in [6.45, 7) is 10.7. The molecule has 0 saturated heterocycles. The summed E-state index contributed by atoms with van der Waals surface area (Å²) in [5, 5.41) is 0. The van der Waals surface area contributed by atoms with E-state index in [0.29, 0.717) is 5.56 Å². The lowest BCUT2D eigenvalue weighted by atomic mass is 9.74. The van der Waals surface area contributed by atoms with Crippen LogP contribution in [0.3, 0.4) is 0 Å². The van der Waals surface area contributed by atoms with Crippen LogP contribution in [0.15, 0.2) is 36.4 Å². The molecule has 2 aromatic carbocycles. The number of methoxy groups -OCH3 is 1. The number of fused-ring (bicyclic) bond motifs is 1. The quantitative estimate of drug-likeness (QED) is 0.632. The van der Waals surface area contributed by atoms with E-state index in [1.807, 2.05) is 38.1 Å². The van der Waals surface area contributed by atoms with Crippen LogP contribution in [0.2, 0.25) is 0 Å². The molecule has 26 heavy (non-hydrogen) atoms. The van der Waals surface area contributed by atoms with Crippen molar-refractivity contribution >= 4 is 5.97 Å². The van der Waals surface area contributed by atoms with Gasteiger partial charge in [0.05, 0.1) is 12.7 Å². The zero-order valence-electron chi connectivity index (χ0n) is 17.1. The van der Waals surface area contributed by atoms with Gasteiger partial charge < -0.3 is 4.74 Å². The van der Waals surface area contributed by atoms with Crippen molar-refractivity contribution in [1.82, 2.24) is 0 Å². The summed E-state index contributed by atoms with van der Waals surface area (Å²) >= 11 is 0. The summed E-state index contributed by atoms with van der Waals surface area (Å²) in [6.07, 6.45) is 5.01. The fourth-order valence-corrected chi connectivity index (χ4v) is 3.88. The van der Waals surface area contributed by atoms with Gasteiger partial charge in [-0.3, -0.25) is 0 Å². The molecule has 0 amide bonds. The number of benzene rings is 2. The lowest BCUT2D eigenvalue weighted by molar-refractivity contribution is 0.0600. The van der Waals surface area contributed by atoms with Crippen LogP contribution in [-0.4, -0.2) is 13.1 Å². The van der Waals surface area contributed by atoms with Gasteiger partial charge in [-0.05, 0) is 72.6 Å². The van der Waals surface area contributed by atoms with Gasteiger partial charge in [-0.2, -0.15) is 0 Å². The molecule has 0 aliphatic heterocycles. The van der Waals surface area contributed by atoms with Crippen molar-refractivity contribution in [3.05, 3.63) is 69.8 Å². The van der Waals surface area contributed by atoms with Gasteiger partial charge in [-0.15, -0.1) is 0 Å². The molecule has 0 atom stereocenters. The molecule has 0 bridgehead atoms. The maximum absolute atomic E-state index is 11.6. The van der Waals surface area contributed by atoms with E-state index in [9.17, 15) is 4.79 Å². The van der Waals surface area contributed by atoms with E-state index in [1.54, 1.807) is 0 Å². The molecule has 2 nitrogen and oxygen atoms in total. The summed E-state index contributed by atoms with van der Waals surface area (Å²) in [6, 6.07) is 12.6. The highest BCUT2D eigenvalue weighted by molar-refractivity contribution is 5.89. The average molecular weight is 353 g/mol. The maximum Gasteiger partial charge on any atom is 0.337 e. The normalized spacial score (nSPS) is 13.3. The molecule has 3 rings (SSSR count). The summed E-state index contributed by atoms with van der Waals surface area (Å²) in [4.78, 5) is 11.6. The highest BCUT2D eigenvalue weighted by atomic mass is 16.5. The van der Waals surface area contributed by atoms with Crippen LogP contribution in [-0.2, 0) is 23.0 Å². The zero-order chi connectivity index (χ0) is 19.3. The van der Waals surface area contributed by atoms with Gasteiger partial charge in [-0.25, -0.2) is 4.79 Å². The van der Waals surface area contributed by atoms with Crippen molar-refractivity contribution in [3.63, 3.8) is 0 Å². The minimum atomic E-state index is -0.288. The molecule has 0 aromatic heterocycles. The highest BCUT2D eigenvalue weighted by Crippen LogP contribution is 2.36. The Labute approximate surface area is 158 Å². The summed E-state index contributed by atoms with van der Waals surface area (Å²) in [5.74, 6) is -0.288. The first-order valence-electron chi connectivity index (χ1n) is 9.75. The van der Waals surface area contributed by atoms with Crippen molar-refractivity contribution in [2.24, 2.45) is 0 Å². The molecule has 0 fully saturated rings. The van der Waals surface area contributed by atoms with Crippen LogP contribution >= 0.6 is 0 Å². The minimum Gasteiger partial charge on any atom is -0.465 e. The van der Waals surface area contributed by atoms with Crippen molar-refractivity contribution in [1.29, 1.82) is 0 Å². The Morgan fingerprint density at radius 1 is 0.962 bits per heavy atom. The molecule has 2 aromatic rings. The van der Waals surface area contributed by atoms with E-state index < -0.39 is 0 Å². The van der Waals surface area contributed by atoms with E-state index in [-0.39, 0.29) is 11.4 Å². The van der Waals surface area contributed by atoms with Crippen molar-refractivity contribution in [2.45, 2.75) is 65.7 Å². The smallest absolute Gasteiger partial charge is 0.337 e. The van der Waals surface area contributed by atoms with Gasteiger partial charge in [0.2, 0.25) is 0 Å². The third-order valence-electron chi connectivity index (χ3n) is 5.39. The molecular formula is C24H32O2. The van der Waals surface area contributed by atoms with Crippen LogP contribution in [0.25, 0.3) is 0 Å². The Bertz CT molecular complexity index is 755. The maximum atomic E-state index is 11.6. The topological polar surface area (TPSA) is 26.3 Å². The molecule has 1 aliphatic rings. The fourth-order valence-electron chi connectivity index (χ4n) is 3.88. The van der Waals surface area contributed by atoms with E-state index in [2.05, 4.69) is 32.9 Å². The van der Waals surface area contributed by atoms with E-state index in [4.69, 9.17) is 4.74 Å². The fraction of sp³-hybridized carbons (Fsp3) is 0.458. The Morgan fingerprint density at radius 3 is 2.04 bits per heavy atom. The van der Waals surface area contributed by atoms with E-state index >= 15 is 0 Å². The highest BCUT2D eigenvalue weighted by Gasteiger charge is 2.26. The first-order chi connectivity index (χ1) is 12.4. The predicted octanol–water partition coefficient (Wildman–Crippen LogP) is 6.01. The number of rotatable bonds is 3. The summed E-state index contributed by atoms with van der Waals surface area (Å²) < 4.78 is 4.79. The molecule has 0 saturated carbocycles. The number of esters is 1. The zero-order valence-corrected chi connectivity index (χ0v) is 17.1. The standard InChI is InChI=1S/C22H26O2.C2H6/c1-15-13-17-7-5-6-8-18(17)14-20(15)22(2,3)19-11-9-16(10-12-19)21(23)24-4;1-2/h9-14H,5-8H2,1-4H3;1-2H3. The van der Waals surface area contributed by atoms with Crippen molar-refractivity contribution < 1.29 is 9.53 Å². The van der Waals surface area contributed by atoms with Crippen LogP contribution in [0.1, 0.15) is 78.7 Å². The molecule has 0 heterocycles. The summed E-state index contributed by atoms with van der Waals surface area (Å²) in [5.41, 5.74) is 7.51. The Hall–Kier alpha value is -2.09. The third-order valence-corrected chi connectivity index (χ3v) is 5.39. The minimum absolute atomic E-state index is 0.0921. The van der Waals surface area contributed by atoms with Gasteiger partial charge in [0.1, 0.15) is 0 Å². The van der Waals surface area contributed by atoms with Crippen LogP contribution in [0, 0.1) is 6.92 Å². The molecule has 0 spiro atoms. The number of aryl methyl sites for hydroxylation is 3. The number of hydrogen-bond acceptors (Lipinski definition) is 2. The Morgan fingerprint density at radius 2 is 1.50 bits per heavy atom. The first kappa shape index (κ1) is 20.2. The van der Waals surface area contributed by atoms with Crippen LogP contribution < -0.4 is 0 Å². The van der Waals surface area contributed by atoms with Gasteiger partial charge in [-0.1, -0.05) is 52.0 Å². The lowest BCUT2D eigenvalue weighted by Crippen LogP contribution is -2.21. The lowest BCUT2D eigenvalue weighted by Gasteiger charge is -2.30. The molecular weight excluding hydrogens is 320 g/mol. The third kappa shape index (κ3) is 4.00. The SMILES string of the molecule is CC.COC(=O)c1ccc(C(C)(C)c2cc3c(cc2C)CCCC3)cc1. The van der Waals surface area contributed by atoms with Crippen LogP contribution in [0.4, 0.5) is 0 Å². The monoisotopic (exact) mass is 352 g/mol. The van der Waals surface area contributed by atoms with Gasteiger partial charge >= 0.3 is 5.97 Å². The molecule has 140 valence electrons. The Balaban J connectivity index is 0.00000117. The second-order valence-corrected chi connectivity index (χ2v) is 7.34. The number of ether oxygens (including phenoxy) is 1. The number of carbonyl (C=O) groups excluding carboxylic acids is 1. The van der Waals surface area contributed by atoms with Gasteiger partial charge in [0, 0.05) is 5.41 Å². The number of hydrogen-bond donors (Lipinski definition) is 0. The van der Waals surface area contributed by atoms with Gasteiger partial charge in [0.15, 0.2) is 0 Å². The van der Waals surface area contributed by atoms with Crippen molar-refractivity contribution in [2.75, 3.05) is 7.11 Å². The number of carbonyl (C=O) groups is 1. The van der Waals surface area contributed by atoms with Crippen LogP contribution in [0.5, 0.6) is 0 Å². The molecule has 0 unspecified atom stereocenters. The van der Waals surface area contributed by atoms with Gasteiger partial charge in [0.25, 0.3) is 0 Å². The molecule has 0 N–H and O–H groups in total. The first-order valence-corrected chi connectivity index (χ1v) is 9.75. The second kappa shape index (κ2) is 8.53. The van der Waals surface area contributed by atoms with E-state index in [1.165, 1.54) is 60.6 Å². The molecule has 0 radical (unpaired) electrons. The predicted molar refractivity (Wildman–Crippen MR) is 109 cm³/mol. The Kier molecular flexibility index (Phi) is 6.63. The van der Waals surface area contributed by atoms with Crippen molar-refractivity contribution in [3.8, 4) is 0 Å². The second-order valence-electron chi connectivity index (χ2n) is 7.34. The largest absolute Gasteiger partial charge is 0.465 e. The molecule has 2 heteroatoms. The average Bonchev–Trinajstić information content (AvgIpc) is 2.68. The van der Waals surface area contributed by atoms with E-state index in [0.717, 1.165) is 0 Å². The molecule has 1 aliphatic carbocycles. The summed E-state index contributed by atoms with van der Waals surface area (Å²) in [7, 11) is 1.41.